The number of rotatable bonds is 2. The lowest BCUT2D eigenvalue weighted by Crippen LogP contribution is -2.39. The van der Waals surface area contributed by atoms with Gasteiger partial charge in [0.05, 0.1) is 13.2 Å². The Labute approximate surface area is 77.5 Å². The quantitative estimate of drug-likeness (QED) is 0.681. The molecule has 0 atom stereocenters. The maximum absolute atomic E-state index is 12.9. The summed E-state index contributed by atoms with van der Waals surface area (Å²) < 4.78 is 47.6. The minimum Gasteiger partial charge on any atom is -0.467 e. The van der Waals surface area contributed by atoms with Crippen LogP contribution in [0.1, 0.15) is 0 Å². The molecule has 0 spiro atoms. The van der Waals surface area contributed by atoms with Gasteiger partial charge in [-0.3, -0.25) is 0 Å². The third-order valence-electron chi connectivity index (χ3n) is 1.74. The van der Waals surface area contributed by atoms with E-state index in [-0.39, 0.29) is 6.10 Å². The molecule has 0 N–H and O–H groups in total. The molecule has 14 heavy (non-hydrogen) atoms. The van der Waals surface area contributed by atoms with Crippen LogP contribution in [-0.4, -0.2) is 24.3 Å². The summed E-state index contributed by atoms with van der Waals surface area (Å²) in [7, 11) is 0. The Balaban J connectivity index is 2.19. The molecular formula is C8H6F3NO2. The van der Waals surface area contributed by atoms with Crippen molar-refractivity contribution in [2.45, 2.75) is 6.10 Å². The smallest absolute Gasteiger partial charge is 0.253 e. The van der Waals surface area contributed by atoms with Gasteiger partial charge in [-0.2, -0.15) is 9.37 Å². The van der Waals surface area contributed by atoms with Gasteiger partial charge in [-0.25, -0.2) is 8.78 Å². The van der Waals surface area contributed by atoms with Gasteiger partial charge in [0.25, 0.3) is 11.8 Å². The average molecular weight is 205 g/mol. The summed E-state index contributed by atoms with van der Waals surface area (Å²) in [5.41, 5.74) is 0. The number of hydrogen-bond donors (Lipinski definition) is 0. The van der Waals surface area contributed by atoms with Crippen LogP contribution in [0.4, 0.5) is 13.2 Å². The van der Waals surface area contributed by atoms with Crippen molar-refractivity contribution < 1.29 is 22.6 Å². The number of nitrogens with zero attached hydrogens (tertiary/aromatic N) is 1. The van der Waals surface area contributed by atoms with Gasteiger partial charge >= 0.3 is 0 Å². The first-order valence-corrected chi connectivity index (χ1v) is 3.93. The van der Waals surface area contributed by atoms with Crippen molar-refractivity contribution in [3.8, 4) is 5.88 Å². The topological polar surface area (TPSA) is 31.4 Å². The molecule has 1 aliphatic rings. The van der Waals surface area contributed by atoms with Crippen LogP contribution in [0.25, 0.3) is 0 Å². The number of pyridine rings is 1. The highest BCUT2D eigenvalue weighted by Gasteiger charge is 2.23. The molecule has 1 aromatic rings. The summed E-state index contributed by atoms with van der Waals surface area (Å²) >= 11 is 0. The van der Waals surface area contributed by atoms with E-state index in [1.165, 1.54) is 0 Å². The highest BCUT2D eigenvalue weighted by molar-refractivity contribution is 5.15. The van der Waals surface area contributed by atoms with E-state index in [0.717, 1.165) is 0 Å². The van der Waals surface area contributed by atoms with E-state index in [1.54, 1.807) is 0 Å². The van der Waals surface area contributed by atoms with Gasteiger partial charge in [-0.1, -0.05) is 0 Å². The predicted molar refractivity (Wildman–Crippen MR) is 39.3 cm³/mol. The molecule has 2 heterocycles. The fourth-order valence-corrected chi connectivity index (χ4v) is 0.951. The normalized spacial score (nSPS) is 16.5. The maximum Gasteiger partial charge on any atom is 0.253 e. The monoisotopic (exact) mass is 205 g/mol. The molecule has 76 valence electrons. The van der Waals surface area contributed by atoms with Gasteiger partial charge in [-0.05, 0) is 0 Å². The third-order valence-corrected chi connectivity index (χ3v) is 1.74. The molecule has 2 rings (SSSR count). The minimum atomic E-state index is -1.37. The Morgan fingerprint density at radius 3 is 2.57 bits per heavy atom. The largest absolute Gasteiger partial charge is 0.467 e. The van der Waals surface area contributed by atoms with Gasteiger partial charge in [0, 0.05) is 6.07 Å². The zero-order chi connectivity index (χ0) is 10.1. The summed E-state index contributed by atoms with van der Waals surface area (Å²) in [6, 6.07) is 0.400. The van der Waals surface area contributed by atoms with Crippen molar-refractivity contribution in [3.63, 3.8) is 0 Å². The Morgan fingerprint density at radius 1 is 1.29 bits per heavy atom. The first-order valence-electron chi connectivity index (χ1n) is 3.93. The van der Waals surface area contributed by atoms with Crippen LogP contribution < -0.4 is 4.74 Å². The van der Waals surface area contributed by atoms with Crippen LogP contribution in [0, 0.1) is 17.6 Å². The van der Waals surface area contributed by atoms with Crippen molar-refractivity contribution in [1.82, 2.24) is 4.98 Å². The summed E-state index contributed by atoms with van der Waals surface area (Å²) in [6.45, 7) is 0.611. The number of halogens is 3. The lowest BCUT2D eigenvalue weighted by molar-refractivity contribution is -0.0829. The second kappa shape index (κ2) is 3.45. The van der Waals surface area contributed by atoms with E-state index in [1.807, 2.05) is 0 Å². The van der Waals surface area contributed by atoms with Crippen LogP contribution in [0.2, 0.25) is 0 Å². The first-order chi connectivity index (χ1) is 6.66. The Kier molecular flexibility index (Phi) is 2.28. The number of aromatic nitrogens is 1. The molecule has 1 aromatic heterocycles. The molecule has 0 amide bonds. The minimum absolute atomic E-state index is 0.306. The second-order valence-corrected chi connectivity index (χ2v) is 2.83. The second-order valence-electron chi connectivity index (χ2n) is 2.83. The lowest BCUT2D eigenvalue weighted by Gasteiger charge is -2.26. The van der Waals surface area contributed by atoms with Crippen LogP contribution in [0.3, 0.4) is 0 Å². The van der Waals surface area contributed by atoms with Crippen LogP contribution in [0.5, 0.6) is 5.88 Å². The summed E-state index contributed by atoms with van der Waals surface area (Å²) in [5.74, 6) is -4.26. The van der Waals surface area contributed by atoms with Gasteiger partial charge in [0.15, 0.2) is 11.6 Å². The molecular weight excluding hydrogens is 199 g/mol. The maximum atomic E-state index is 12.9. The zero-order valence-electron chi connectivity index (χ0n) is 6.97. The molecule has 3 nitrogen and oxygen atoms in total. The van der Waals surface area contributed by atoms with Gasteiger partial charge in [0.2, 0.25) is 0 Å². The molecule has 0 unspecified atom stereocenters. The predicted octanol–water partition coefficient (Wildman–Crippen LogP) is 1.28. The molecule has 1 fully saturated rings. The first kappa shape index (κ1) is 9.26. The number of ether oxygens (including phenoxy) is 2. The molecule has 0 aromatic carbocycles. The van der Waals surface area contributed by atoms with E-state index >= 15 is 0 Å². The van der Waals surface area contributed by atoms with Crippen molar-refractivity contribution in [2.24, 2.45) is 0 Å². The van der Waals surface area contributed by atoms with Crippen LogP contribution >= 0.6 is 0 Å². The highest BCUT2D eigenvalue weighted by Crippen LogP contribution is 2.19. The third kappa shape index (κ3) is 1.65. The summed E-state index contributed by atoms with van der Waals surface area (Å²) in [4.78, 5) is 3.00. The van der Waals surface area contributed by atoms with Gasteiger partial charge < -0.3 is 9.47 Å². The zero-order valence-corrected chi connectivity index (χ0v) is 6.97. The van der Waals surface area contributed by atoms with Crippen molar-refractivity contribution in [1.29, 1.82) is 0 Å². The van der Waals surface area contributed by atoms with Crippen molar-refractivity contribution in [3.05, 3.63) is 23.6 Å². The summed E-state index contributed by atoms with van der Waals surface area (Å²) in [5, 5.41) is 0. The average Bonchev–Trinajstić information content (AvgIpc) is 2.06. The van der Waals surface area contributed by atoms with E-state index < -0.39 is 23.5 Å². The molecule has 0 aliphatic carbocycles. The van der Waals surface area contributed by atoms with Crippen molar-refractivity contribution >= 4 is 0 Å². The van der Waals surface area contributed by atoms with E-state index in [0.29, 0.717) is 19.3 Å². The fourth-order valence-electron chi connectivity index (χ4n) is 0.951. The molecule has 0 bridgehead atoms. The Morgan fingerprint density at radius 2 is 2.00 bits per heavy atom. The van der Waals surface area contributed by atoms with Gasteiger partial charge in [0.1, 0.15) is 6.10 Å². The molecule has 0 saturated carbocycles. The summed E-state index contributed by atoms with van der Waals surface area (Å²) in [6.07, 6.45) is -0.332. The van der Waals surface area contributed by atoms with E-state index in [9.17, 15) is 13.2 Å². The van der Waals surface area contributed by atoms with Crippen molar-refractivity contribution in [2.75, 3.05) is 13.2 Å². The van der Waals surface area contributed by atoms with E-state index in [4.69, 9.17) is 9.47 Å². The Hall–Kier alpha value is -1.30. The highest BCUT2D eigenvalue weighted by atomic mass is 19.2. The molecule has 1 saturated heterocycles. The molecule has 6 heteroatoms. The molecule has 0 radical (unpaired) electrons. The van der Waals surface area contributed by atoms with Crippen LogP contribution in [-0.2, 0) is 4.74 Å². The Bertz CT molecular complexity index is 355. The SMILES string of the molecule is Fc1cc(F)c(OC2COC2)nc1F. The van der Waals surface area contributed by atoms with Crippen LogP contribution in [0.15, 0.2) is 6.07 Å². The fraction of sp³-hybridized carbons (Fsp3) is 0.375. The van der Waals surface area contributed by atoms with E-state index in [2.05, 4.69) is 4.98 Å². The molecule has 1 aliphatic heterocycles. The number of hydrogen-bond acceptors (Lipinski definition) is 3. The standard InChI is InChI=1S/C8H6F3NO2/c9-5-1-6(10)8(12-7(5)11)14-4-2-13-3-4/h1,4H,2-3H2. The lowest BCUT2D eigenvalue weighted by atomic mass is 10.3. The van der Waals surface area contributed by atoms with Gasteiger partial charge in [-0.15, -0.1) is 0 Å².